The molecule has 1 heterocycles. The molecule has 1 aromatic carbocycles. The zero-order valence-electron chi connectivity index (χ0n) is 9.98. The molecule has 0 N–H and O–H groups in total. The van der Waals surface area contributed by atoms with E-state index < -0.39 is 0 Å². The predicted molar refractivity (Wildman–Crippen MR) is 63.5 cm³/mol. The van der Waals surface area contributed by atoms with Crippen LogP contribution in [0.2, 0.25) is 0 Å². The van der Waals surface area contributed by atoms with Gasteiger partial charge in [-0.25, -0.2) is 4.39 Å². The number of benzene rings is 1. The molecule has 0 spiro atoms. The average molecular weight is 234 g/mol. The van der Waals surface area contributed by atoms with Crippen LogP contribution >= 0.6 is 0 Å². The largest absolute Gasteiger partial charge is 0.493 e. The van der Waals surface area contributed by atoms with E-state index in [4.69, 9.17) is 4.74 Å². The molecule has 1 aromatic heterocycles. The molecule has 90 valence electrons. The van der Waals surface area contributed by atoms with Crippen molar-refractivity contribution in [1.29, 1.82) is 0 Å². The molecule has 3 nitrogen and oxygen atoms in total. The maximum atomic E-state index is 12.9. The van der Waals surface area contributed by atoms with Gasteiger partial charge in [-0.2, -0.15) is 5.10 Å². The van der Waals surface area contributed by atoms with Gasteiger partial charge in [0.15, 0.2) is 0 Å². The van der Waals surface area contributed by atoms with E-state index >= 15 is 0 Å². The van der Waals surface area contributed by atoms with Crippen LogP contribution in [-0.2, 0) is 13.5 Å². The Bertz CT molecular complexity index is 508. The summed E-state index contributed by atoms with van der Waals surface area (Å²) in [6, 6.07) is 4.54. The Labute approximate surface area is 99.8 Å². The highest BCUT2D eigenvalue weighted by molar-refractivity contribution is 5.32. The lowest BCUT2D eigenvalue weighted by Crippen LogP contribution is -2.02. The van der Waals surface area contributed by atoms with E-state index in [1.54, 1.807) is 10.7 Å². The minimum absolute atomic E-state index is 0.234. The molecule has 0 unspecified atom stereocenters. The highest BCUT2D eigenvalue weighted by Gasteiger charge is 2.02. The third-order valence-electron chi connectivity index (χ3n) is 2.54. The van der Waals surface area contributed by atoms with E-state index in [0.717, 1.165) is 23.3 Å². The Hall–Kier alpha value is -1.84. The fourth-order valence-corrected chi connectivity index (χ4v) is 1.65. The zero-order valence-corrected chi connectivity index (χ0v) is 9.98. The summed E-state index contributed by atoms with van der Waals surface area (Å²) in [7, 11) is 1.88. The number of rotatable bonds is 4. The Morgan fingerprint density at radius 1 is 1.41 bits per heavy atom. The maximum Gasteiger partial charge on any atom is 0.123 e. The first-order chi connectivity index (χ1) is 8.15. The normalized spacial score (nSPS) is 10.5. The summed E-state index contributed by atoms with van der Waals surface area (Å²) in [4.78, 5) is 0. The topological polar surface area (TPSA) is 27.1 Å². The van der Waals surface area contributed by atoms with Gasteiger partial charge in [0.1, 0.15) is 11.6 Å². The van der Waals surface area contributed by atoms with Crippen molar-refractivity contribution in [1.82, 2.24) is 9.78 Å². The molecule has 0 aliphatic carbocycles. The van der Waals surface area contributed by atoms with Crippen LogP contribution in [0.1, 0.15) is 11.1 Å². The van der Waals surface area contributed by atoms with Crippen LogP contribution in [0.5, 0.6) is 5.75 Å². The lowest BCUT2D eigenvalue weighted by Gasteiger charge is -2.08. The SMILES string of the molecule is Cc1cc(F)ccc1OCCc1cnn(C)c1. The Morgan fingerprint density at radius 2 is 2.24 bits per heavy atom. The summed E-state index contributed by atoms with van der Waals surface area (Å²) in [5.41, 5.74) is 1.95. The number of aromatic nitrogens is 2. The van der Waals surface area contributed by atoms with E-state index in [1.165, 1.54) is 12.1 Å². The van der Waals surface area contributed by atoms with Crippen molar-refractivity contribution in [3.05, 3.63) is 47.5 Å². The molecule has 0 aliphatic rings. The van der Waals surface area contributed by atoms with Gasteiger partial charge in [-0.1, -0.05) is 0 Å². The second-order valence-corrected chi connectivity index (χ2v) is 4.03. The highest BCUT2D eigenvalue weighted by Crippen LogP contribution is 2.18. The quantitative estimate of drug-likeness (QED) is 0.812. The van der Waals surface area contributed by atoms with Crippen molar-refractivity contribution in [2.45, 2.75) is 13.3 Å². The van der Waals surface area contributed by atoms with Crippen LogP contribution in [0.4, 0.5) is 4.39 Å². The molecule has 2 rings (SSSR count). The lowest BCUT2D eigenvalue weighted by atomic mass is 10.2. The number of hydrogen-bond acceptors (Lipinski definition) is 2. The van der Waals surface area contributed by atoms with Crippen molar-refractivity contribution in [2.24, 2.45) is 7.05 Å². The predicted octanol–water partition coefficient (Wildman–Crippen LogP) is 2.49. The van der Waals surface area contributed by atoms with Crippen molar-refractivity contribution in [3.8, 4) is 5.75 Å². The van der Waals surface area contributed by atoms with Crippen molar-refractivity contribution in [3.63, 3.8) is 0 Å². The number of hydrogen-bond donors (Lipinski definition) is 0. The zero-order chi connectivity index (χ0) is 12.3. The molecule has 0 saturated carbocycles. The molecule has 0 bridgehead atoms. The molecule has 0 radical (unpaired) electrons. The smallest absolute Gasteiger partial charge is 0.123 e. The summed E-state index contributed by atoms with van der Waals surface area (Å²) >= 11 is 0. The van der Waals surface area contributed by atoms with Crippen LogP contribution < -0.4 is 4.74 Å². The summed E-state index contributed by atoms with van der Waals surface area (Å²) in [5, 5.41) is 4.08. The molecular weight excluding hydrogens is 219 g/mol. The fourth-order valence-electron chi connectivity index (χ4n) is 1.65. The van der Waals surface area contributed by atoms with Gasteiger partial charge in [0.05, 0.1) is 12.8 Å². The first-order valence-electron chi connectivity index (χ1n) is 5.51. The van der Waals surface area contributed by atoms with E-state index in [2.05, 4.69) is 5.10 Å². The molecule has 0 saturated heterocycles. The van der Waals surface area contributed by atoms with E-state index in [-0.39, 0.29) is 5.82 Å². The summed E-state index contributed by atoms with van der Waals surface area (Å²) in [6.07, 6.45) is 4.58. The first-order valence-corrected chi connectivity index (χ1v) is 5.51. The van der Waals surface area contributed by atoms with Gasteiger partial charge >= 0.3 is 0 Å². The molecule has 0 fully saturated rings. The van der Waals surface area contributed by atoms with Gasteiger partial charge in [-0.15, -0.1) is 0 Å². The standard InChI is InChI=1S/C13H15FN2O/c1-10-7-12(14)3-4-13(10)17-6-5-11-8-15-16(2)9-11/h3-4,7-9H,5-6H2,1-2H3. The molecule has 17 heavy (non-hydrogen) atoms. The van der Waals surface area contributed by atoms with Gasteiger partial charge < -0.3 is 4.74 Å². The molecule has 0 amide bonds. The molecule has 4 heteroatoms. The van der Waals surface area contributed by atoms with Crippen LogP contribution in [0.3, 0.4) is 0 Å². The molecule has 0 atom stereocenters. The maximum absolute atomic E-state index is 12.9. The Balaban J connectivity index is 1.90. The summed E-state index contributed by atoms with van der Waals surface area (Å²) in [5.74, 6) is 0.498. The van der Waals surface area contributed by atoms with Gasteiger partial charge in [0, 0.05) is 19.7 Å². The first kappa shape index (κ1) is 11.6. The minimum Gasteiger partial charge on any atom is -0.493 e. The number of ether oxygens (including phenoxy) is 1. The second kappa shape index (κ2) is 4.99. The number of nitrogens with zero attached hydrogens (tertiary/aromatic N) is 2. The highest BCUT2D eigenvalue weighted by atomic mass is 19.1. The van der Waals surface area contributed by atoms with Crippen LogP contribution in [0.15, 0.2) is 30.6 Å². The third-order valence-corrected chi connectivity index (χ3v) is 2.54. The molecular formula is C13H15FN2O. The molecule has 2 aromatic rings. The van der Waals surface area contributed by atoms with Crippen LogP contribution in [0.25, 0.3) is 0 Å². The summed E-state index contributed by atoms with van der Waals surface area (Å²) < 4.78 is 20.2. The Morgan fingerprint density at radius 3 is 2.88 bits per heavy atom. The monoisotopic (exact) mass is 234 g/mol. The van der Waals surface area contributed by atoms with E-state index in [0.29, 0.717) is 6.61 Å². The van der Waals surface area contributed by atoms with Gasteiger partial charge in [0.2, 0.25) is 0 Å². The third kappa shape index (κ3) is 3.06. The fraction of sp³-hybridized carbons (Fsp3) is 0.308. The van der Waals surface area contributed by atoms with Crippen molar-refractivity contribution < 1.29 is 9.13 Å². The lowest BCUT2D eigenvalue weighted by molar-refractivity contribution is 0.319. The van der Waals surface area contributed by atoms with Gasteiger partial charge in [-0.3, -0.25) is 4.68 Å². The second-order valence-electron chi connectivity index (χ2n) is 4.03. The average Bonchev–Trinajstić information content (AvgIpc) is 2.68. The summed E-state index contributed by atoms with van der Waals surface area (Å²) in [6.45, 7) is 2.40. The molecule has 0 aliphatic heterocycles. The van der Waals surface area contributed by atoms with Crippen molar-refractivity contribution >= 4 is 0 Å². The minimum atomic E-state index is -0.234. The van der Waals surface area contributed by atoms with E-state index in [9.17, 15) is 4.39 Å². The van der Waals surface area contributed by atoms with Crippen LogP contribution in [-0.4, -0.2) is 16.4 Å². The Kier molecular flexibility index (Phi) is 3.42. The van der Waals surface area contributed by atoms with E-state index in [1.807, 2.05) is 26.4 Å². The van der Waals surface area contributed by atoms with Gasteiger partial charge in [-0.05, 0) is 36.2 Å². The van der Waals surface area contributed by atoms with Crippen LogP contribution in [0, 0.1) is 12.7 Å². The van der Waals surface area contributed by atoms with Gasteiger partial charge in [0.25, 0.3) is 0 Å². The van der Waals surface area contributed by atoms with Crippen molar-refractivity contribution in [2.75, 3.05) is 6.61 Å². The number of halogens is 1. The number of aryl methyl sites for hydroxylation is 2.